The summed E-state index contributed by atoms with van der Waals surface area (Å²) >= 11 is 0. The Balaban J connectivity index is 2.08. The van der Waals surface area contributed by atoms with E-state index in [4.69, 9.17) is 5.73 Å². The number of hydrogen-bond donors (Lipinski definition) is 3. The second-order valence-corrected chi connectivity index (χ2v) is 9.18. The van der Waals surface area contributed by atoms with Crippen molar-refractivity contribution in [3.8, 4) is 0 Å². The minimum atomic E-state index is -3.29. The van der Waals surface area contributed by atoms with E-state index < -0.39 is 28.1 Å². The van der Waals surface area contributed by atoms with Crippen molar-refractivity contribution in [2.45, 2.75) is 31.3 Å². The lowest BCUT2D eigenvalue weighted by molar-refractivity contribution is -0.141. The van der Waals surface area contributed by atoms with Crippen molar-refractivity contribution >= 4 is 21.9 Å². The van der Waals surface area contributed by atoms with E-state index >= 15 is 0 Å². The number of piperazine rings is 1. The lowest BCUT2D eigenvalue weighted by Gasteiger charge is -2.36. The predicted octanol–water partition coefficient (Wildman–Crippen LogP) is -0.517. The third-order valence-corrected chi connectivity index (χ3v) is 6.34. The smallest absolute Gasteiger partial charge is 0.320 e. The first kappa shape index (κ1) is 23.3. The average molecular weight is 427 g/mol. The molecule has 10 heteroatoms. The van der Waals surface area contributed by atoms with E-state index in [1.807, 2.05) is 30.3 Å². The molecule has 1 aliphatic rings. The van der Waals surface area contributed by atoms with Crippen LogP contribution in [0.15, 0.2) is 30.3 Å². The van der Waals surface area contributed by atoms with Crippen LogP contribution in [0, 0.1) is 0 Å². The molecule has 0 spiro atoms. The standard InChI is InChI=1S/C19H30N4O5S/c1-29(27,28)23-13-11-22(12-14-23)18(24)16(21-17(9-10-20)19(25)26)8-7-15-5-3-2-4-6-15/h2-6,16-17,21H,7-14,20H2,1H3,(H,25,26)/t16-,17-/m0/s1. The predicted molar refractivity (Wildman–Crippen MR) is 110 cm³/mol. The number of carbonyl (C=O) groups excluding carboxylic acids is 1. The first-order chi connectivity index (χ1) is 13.7. The lowest BCUT2D eigenvalue weighted by Crippen LogP contribution is -2.57. The Kier molecular flexibility index (Phi) is 8.57. The second-order valence-electron chi connectivity index (χ2n) is 7.20. The molecule has 1 aliphatic heterocycles. The molecule has 1 aromatic rings. The fraction of sp³-hybridized carbons (Fsp3) is 0.579. The average Bonchev–Trinajstić information content (AvgIpc) is 2.70. The molecule has 0 aromatic heterocycles. The third kappa shape index (κ3) is 7.07. The number of sulfonamides is 1. The molecule has 0 saturated carbocycles. The molecule has 2 atom stereocenters. The SMILES string of the molecule is CS(=O)(=O)N1CCN(C(=O)[C@H](CCc2ccccc2)N[C@@H](CCN)C(=O)O)CC1. The van der Waals surface area contributed by atoms with Crippen LogP contribution in [0.2, 0.25) is 0 Å². The van der Waals surface area contributed by atoms with Gasteiger partial charge in [0.2, 0.25) is 15.9 Å². The molecule has 2 rings (SSSR count). The Hall–Kier alpha value is -2.01. The van der Waals surface area contributed by atoms with Crippen molar-refractivity contribution < 1.29 is 23.1 Å². The van der Waals surface area contributed by atoms with Gasteiger partial charge < -0.3 is 15.7 Å². The fourth-order valence-electron chi connectivity index (χ4n) is 3.38. The van der Waals surface area contributed by atoms with Crippen molar-refractivity contribution in [2.24, 2.45) is 5.73 Å². The number of nitrogens with zero attached hydrogens (tertiary/aromatic N) is 2. The molecule has 9 nitrogen and oxygen atoms in total. The highest BCUT2D eigenvalue weighted by Crippen LogP contribution is 2.12. The van der Waals surface area contributed by atoms with Gasteiger partial charge in [0.05, 0.1) is 12.3 Å². The van der Waals surface area contributed by atoms with Gasteiger partial charge in [-0.05, 0) is 31.4 Å². The fourth-order valence-corrected chi connectivity index (χ4v) is 4.21. The van der Waals surface area contributed by atoms with E-state index in [0.29, 0.717) is 12.8 Å². The molecular weight excluding hydrogens is 396 g/mol. The van der Waals surface area contributed by atoms with Gasteiger partial charge in [0.15, 0.2) is 0 Å². The lowest BCUT2D eigenvalue weighted by atomic mass is 10.0. The van der Waals surface area contributed by atoms with Gasteiger partial charge >= 0.3 is 5.97 Å². The molecule has 1 saturated heterocycles. The first-order valence-corrected chi connectivity index (χ1v) is 11.5. The van der Waals surface area contributed by atoms with Crippen LogP contribution in [0.3, 0.4) is 0 Å². The molecule has 1 aromatic carbocycles. The van der Waals surface area contributed by atoms with E-state index in [2.05, 4.69) is 5.32 Å². The van der Waals surface area contributed by atoms with Gasteiger partial charge in [0.25, 0.3) is 0 Å². The number of aryl methyl sites for hydroxylation is 1. The van der Waals surface area contributed by atoms with Gasteiger partial charge in [-0.15, -0.1) is 0 Å². The highest BCUT2D eigenvalue weighted by Gasteiger charge is 2.32. The number of nitrogens with one attached hydrogen (secondary N) is 1. The minimum Gasteiger partial charge on any atom is -0.480 e. The van der Waals surface area contributed by atoms with Crippen LogP contribution >= 0.6 is 0 Å². The summed E-state index contributed by atoms with van der Waals surface area (Å²) in [4.78, 5) is 26.2. The van der Waals surface area contributed by atoms with E-state index in [1.54, 1.807) is 4.90 Å². The first-order valence-electron chi connectivity index (χ1n) is 9.69. The van der Waals surface area contributed by atoms with Gasteiger partial charge in [-0.25, -0.2) is 8.42 Å². The zero-order valence-corrected chi connectivity index (χ0v) is 17.5. The topological polar surface area (TPSA) is 133 Å². The maximum absolute atomic E-state index is 13.1. The molecule has 1 fully saturated rings. The summed E-state index contributed by atoms with van der Waals surface area (Å²) in [5.74, 6) is -1.26. The Bertz CT molecular complexity index is 779. The molecule has 4 N–H and O–H groups in total. The largest absolute Gasteiger partial charge is 0.480 e. The van der Waals surface area contributed by atoms with E-state index in [1.165, 1.54) is 4.31 Å². The molecule has 1 amide bonds. The van der Waals surface area contributed by atoms with Crippen LogP contribution in [0.1, 0.15) is 18.4 Å². The Morgan fingerprint density at radius 3 is 2.24 bits per heavy atom. The monoisotopic (exact) mass is 426 g/mol. The van der Waals surface area contributed by atoms with Crippen molar-refractivity contribution in [2.75, 3.05) is 39.0 Å². The zero-order chi connectivity index (χ0) is 21.4. The molecule has 0 radical (unpaired) electrons. The number of nitrogens with two attached hydrogens (primary N) is 1. The summed E-state index contributed by atoms with van der Waals surface area (Å²) in [7, 11) is -3.29. The van der Waals surface area contributed by atoms with Crippen LogP contribution in [0.5, 0.6) is 0 Å². The van der Waals surface area contributed by atoms with Crippen molar-refractivity contribution in [1.82, 2.24) is 14.5 Å². The molecular formula is C19H30N4O5S. The number of carboxylic acids is 1. The normalized spacial score (nSPS) is 17.7. The summed E-state index contributed by atoms with van der Waals surface area (Å²) in [6.45, 7) is 1.23. The van der Waals surface area contributed by atoms with Crippen LogP contribution in [0.25, 0.3) is 0 Å². The van der Waals surface area contributed by atoms with E-state index in [-0.39, 0.29) is 45.1 Å². The van der Waals surface area contributed by atoms with Crippen molar-refractivity contribution in [3.63, 3.8) is 0 Å². The van der Waals surface area contributed by atoms with Gasteiger partial charge in [-0.2, -0.15) is 4.31 Å². The van der Waals surface area contributed by atoms with Gasteiger partial charge in [-0.1, -0.05) is 30.3 Å². The third-order valence-electron chi connectivity index (χ3n) is 5.04. The van der Waals surface area contributed by atoms with Gasteiger partial charge in [0, 0.05) is 26.2 Å². The molecule has 0 aliphatic carbocycles. The molecule has 29 heavy (non-hydrogen) atoms. The zero-order valence-electron chi connectivity index (χ0n) is 16.7. The second kappa shape index (κ2) is 10.7. The van der Waals surface area contributed by atoms with Crippen molar-refractivity contribution in [1.29, 1.82) is 0 Å². The summed E-state index contributed by atoms with van der Waals surface area (Å²) < 4.78 is 24.7. The number of carbonyl (C=O) groups is 2. The molecule has 0 bridgehead atoms. The highest BCUT2D eigenvalue weighted by atomic mass is 32.2. The summed E-state index contributed by atoms with van der Waals surface area (Å²) in [5, 5.41) is 12.4. The Morgan fingerprint density at radius 1 is 1.10 bits per heavy atom. The summed E-state index contributed by atoms with van der Waals surface area (Å²) in [6, 6.07) is 8.06. The van der Waals surface area contributed by atoms with E-state index in [9.17, 15) is 23.1 Å². The Morgan fingerprint density at radius 2 is 1.72 bits per heavy atom. The van der Waals surface area contributed by atoms with Crippen LogP contribution in [-0.2, 0) is 26.0 Å². The number of rotatable bonds is 10. The number of carboxylic acid groups (broad SMARTS) is 1. The molecule has 1 heterocycles. The molecule has 162 valence electrons. The maximum atomic E-state index is 13.1. The summed E-state index contributed by atoms with van der Waals surface area (Å²) in [5.41, 5.74) is 6.58. The van der Waals surface area contributed by atoms with Crippen LogP contribution < -0.4 is 11.1 Å². The number of benzene rings is 1. The van der Waals surface area contributed by atoms with Gasteiger partial charge in [-0.3, -0.25) is 14.9 Å². The highest BCUT2D eigenvalue weighted by molar-refractivity contribution is 7.88. The number of hydrogen-bond acceptors (Lipinski definition) is 6. The van der Waals surface area contributed by atoms with Crippen LogP contribution in [-0.4, -0.2) is 85.7 Å². The minimum absolute atomic E-state index is 0.191. The number of amides is 1. The number of aliphatic carboxylic acids is 1. The van der Waals surface area contributed by atoms with Gasteiger partial charge in [0.1, 0.15) is 6.04 Å². The quantitative estimate of drug-likeness (QED) is 0.459. The Labute approximate surface area is 171 Å². The molecule has 0 unspecified atom stereocenters. The van der Waals surface area contributed by atoms with Crippen LogP contribution in [0.4, 0.5) is 0 Å². The maximum Gasteiger partial charge on any atom is 0.320 e. The van der Waals surface area contributed by atoms with E-state index in [0.717, 1.165) is 11.8 Å². The van der Waals surface area contributed by atoms with Crippen molar-refractivity contribution in [3.05, 3.63) is 35.9 Å². The summed E-state index contributed by atoms with van der Waals surface area (Å²) in [6.07, 6.45) is 2.41.